The number of anilines is 2. The molecule has 186 valence electrons. The van der Waals surface area contributed by atoms with E-state index in [1.807, 2.05) is 0 Å². The molecular formula is C25H38N6O3. The van der Waals surface area contributed by atoms with Crippen molar-refractivity contribution in [2.75, 3.05) is 50.6 Å². The van der Waals surface area contributed by atoms with Gasteiger partial charge in [-0.1, -0.05) is 31.2 Å². The van der Waals surface area contributed by atoms with Crippen molar-refractivity contribution in [2.24, 2.45) is 5.92 Å². The number of ether oxygens (including phenoxy) is 1. The predicted molar refractivity (Wildman–Crippen MR) is 135 cm³/mol. The molecule has 1 aromatic heterocycles. The third kappa shape index (κ3) is 6.28. The first-order valence-electron chi connectivity index (χ1n) is 12.1. The minimum absolute atomic E-state index is 0.183. The van der Waals surface area contributed by atoms with Crippen molar-refractivity contribution < 1.29 is 14.6 Å². The molecule has 1 unspecified atom stereocenters. The van der Waals surface area contributed by atoms with E-state index in [1.54, 1.807) is 14.2 Å². The van der Waals surface area contributed by atoms with Crippen LogP contribution < -0.4 is 25.6 Å². The molecule has 34 heavy (non-hydrogen) atoms. The van der Waals surface area contributed by atoms with Crippen LogP contribution in [0.5, 0.6) is 5.75 Å². The number of methoxy groups -OCH3 is 1. The summed E-state index contributed by atoms with van der Waals surface area (Å²) in [6, 6.07) is -0.727. The first-order chi connectivity index (χ1) is 16.5. The van der Waals surface area contributed by atoms with Crippen molar-refractivity contribution in [3.63, 3.8) is 0 Å². The molecule has 2 aliphatic rings. The summed E-state index contributed by atoms with van der Waals surface area (Å²) >= 11 is 0. The molecule has 3 rings (SSSR count). The first-order valence-corrected chi connectivity index (χ1v) is 12.1. The minimum atomic E-state index is -0.926. The number of aromatic nitrogens is 2. The van der Waals surface area contributed by atoms with Crippen LogP contribution in [0.2, 0.25) is 0 Å². The Bertz CT molecular complexity index is 921. The van der Waals surface area contributed by atoms with Gasteiger partial charge < -0.3 is 30.7 Å². The Morgan fingerprint density at radius 1 is 1.41 bits per heavy atom. The molecule has 4 N–H and O–H groups in total. The lowest BCUT2D eigenvalue weighted by Crippen LogP contribution is -2.40. The maximum absolute atomic E-state index is 11.3. The fourth-order valence-corrected chi connectivity index (χ4v) is 4.59. The molecule has 2 aliphatic heterocycles. The Balaban J connectivity index is 1.67. The van der Waals surface area contributed by atoms with Crippen LogP contribution in [0, 0.1) is 5.92 Å². The fourth-order valence-electron chi connectivity index (χ4n) is 4.59. The number of nitrogens with one attached hydrogen (secondary N) is 3. The van der Waals surface area contributed by atoms with Crippen LogP contribution in [0.25, 0.3) is 0 Å². The van der Waals surface area contributed by atoms with Gasteiger partial charge >= 0.3 is 5.97 Å². The molecule has 1 atom stereocenters. The van der Waals surface area contributed by atoms with E-state index in [0.29, 0.717) is 17.5 Å². The van der Waals surface area contributed by atoms with Gasteiger partial charge in [-0.3, -0.25) is 4.79 Å². The van der Waals surface area contributed by atoms with Crippen molar-refractivity contribution in [1.82, 2.24) is 20.6 Å². The smallest absolute Gasteiger partial charge is 0.322 e. The normalized spacial score (nSPS) is 19.6. The van der Waals surface area contributed by atoms with E-state index in [1.165, 1.54) is 17.5 Å². The molecule has 0 aliphatic carbocycles. The molecule has 2 fully saturated rings. The quantitative estimate of drug-likeness (QED) is 0.410. The number of allylic oxidation sites excluding steroid dienone is 4. The van der Waals surface area contributed by atoms with Gasteiger partial charge in [0.15, 0.2) is 11.6 Å². The van der Waals surface area contributed by atoms with Crippen LogP contribution in [-0.2, 0) is 4.79 Å². The Kier molecular flexibility index (Phi) is 9.33. The summed E-state index contributed by atoms with van der Waals surface area (Å²) in [7, 11) is 3.21. The lowest BCUT2D eigenvalue weighted by Gasteiger charge is -2.34. The fraction of sp³-hybridized carbons (Fsp3) is 0.560. The van der Waals surface area contributed by atoms with Crippen molar-refractivity contribution in [2.45, 2.75) is 45.1 Å². The largest absolute Gasteiger partial charge is 0.490 e. The average molecular weight is 471 g/mol. The molecule has 0 radical (unpaired) electrons. The van der Waals surface area contributed by atoms with Crippen molar-refractivity contribution in [3.05, 3.63) is 41.9 Å². The highest BCUT2D eigenvalue weighted by atomic mass is 16.5. The van der Waals surface area contributed by atoms with E-state index < -0.39 is 12.0 Å². The highest BCUT2D eigenvalue weighted by Crippen LogP contribution is 2.36. The van der Waals surface area contributed by atoms with Gasteiger partial charge in [-0.15, -0.1) is 0 Å². The second-order valence-electron chi connectivity index (χ2n) is 8.70. The Labute approximate surface area is 202 Å². The van der Waals surface area contributed by atoms with Crippen LogP contribution in [0.4, 0.5) is 11.6 Å². The van der Waals surface area contributed by atoms with E-state index in [9.17, 15) is 9.90 Å². The zero-order valence-electron chi connectivity index (χ0n) is 20.6. The number of rotatable bonds is 10. The Morgan fingerprint density at radius 3 is 2.79 bits per heavy atom. The highest BCUT2D eigenvalue weighted by Gasteiger charge is 2.26. The number of carboxylic acids is 1. The number of likely N-dealkylation sites (N-methyl/N-ethyl adjacent to an activating group) is 1. The highest BCUT2D eigenvalue weighted by molar-refractivity contribution is 5.74. The standard InChI is InChI=1S/C25H38N6O3/c1-5-18(8-9-19-7-6-12-27-17(19)2)20-10-13-31(14-11-20)24-22(34-4)23(29-16-30-24)28-15-21(26-3)25(32)33/h8-9,16,20-21,26-27H,2,5-7,10-15H2,1,3-4H3,(H,32,33)(H,28,29,30)/b18-8+,19-9-. The number of aliphatic carboxylic acids is 1. The second kappa shape index (κ2) is 12.4. The number of nitrogens with zero attached hydrogens (tertiary/aromatic N) is 3. The number of piperidine rings is 2. The van der Waals surface area contributed by atoms with Gasteiger partial charge in [0.25, 0.3) is 0 Å². The number of hydrogen-bond donors (Lipinski definition) is 4. The van der Waals surface area contributed by atoms with E-state index >= 15 is 0 Å². The molecular weight excluding hydrogens is 432 g/mol. The summed E-state index contributed by atoms with van der Waals surface area (Å²) in [5.41, 5.74) is 3.84. The molecule has 2 saturated heterocycles. The van der Waals surface area contributed by atoms with Gasteiger partial charge in [0.1, 0.15) is 12.4 Å². The first kappa shape index (κ1) is 25.6. The molecule has 0 spiro atoms. The summed E-state index contributed by atoms with van der Waals surface area (Å²) in [5, 5.41) is 18.5. The van der Waals surface area contributed by atoms with Gasteiger partial charge in [0, 0.05) is 31.9 Å². The van der Waals surface area contributed by atoms with Crippen LogP contribution in [0.1, 0.15) is 39.0 Å². The van der Waals surface area contributed by atoms with Gasteiger partial charge in [0.05, 0.1) is 7.11 Å². The summed E-state index contributed by atoms with van der Waals surface area (Å²) in [6.07, 6.45) is 11.4. The summed E-state index contributed by atoms with van der Waals surface area (Å²) in [6.45, 7) is 9.30. The number of hydrogen-bond acceptors (Lipinski definition) is 8. The Morgan fingerprint density at radius 2 is 2.18 bits per heavy atom. The van der Waals surface area contributed by atoms with Crippen LogP contribution in [0.15, 0.2) is 41.9 Å². The average Bonchev–Trinajstić information content (AvgIpc) is 2.85. The van der Waals surface area contributed by atoms with E-state index in [0.717, 1.165) is 63.3 Å². The van der Waals surface area contributed by atoms with Gasteiger partial charge in [-0.25, -0.2) is 9.97 Å². The molecule has 3 heterocycles. The lowest BCUT2D eigenvalue weighted by atomic mass is 9.87. The second-order valence-corrected chi connectivity index (χ2v) is 8.70. The lowest BCUT2D eigenvalue weighted by molar-refractivity contribution is -0.138. The zero-order chi connectivity index (χ0) is 24.5. The van der Waals surface area contributed by atoms with Crippen molar-refractivity contribution in [1.29, 1.82) is 0 Å². The molecule has 9 nitrogen and oxygen atoms in total. The van der Waals surface area contributed by atoms with E-state index in [-0.39, 0.29) is 6.54 Å². The topological polar surface area (TPSA) is 112 Å². The SMILES string of the molecule is C=C1NCCC/C1=C/C=C(\CC)C1CCN(c2ncnc(NCC(NC)C(=O)O)c2OC)CC1. The monoisotopic (exact) mass is 470 g/mol. The van der Waals surface area contributed by atoms with E-state index in [4.69, 9.17) is 4.74 Å². The van der Waals surface area contributed by atoms with Crippen LogP contribution in [0.3, 0.4) is 0 Å². The van der Waals surface area contributed by atoms with Gasteiger partial charge in [-0.2, -0.15) is 0 Å². The van der Waals surface area contributed by atoms with Crippen molar-refractivity contribution in [3.8, 4) is 5.75 Å². The number of carbonyl (C=O) groups is 1. The third-order valence-corrected chi connectivity index (χ3v) is 6.68. The van der Waals surface area contributed by atoms with E-state index in [2.05, 4.69) is 56.5 Å². The van der Waals surface area contributed by atoms with Crippen LogP contribution >= 0.6 is 0 Å². The molecule has 9 heteroatoms. The third-order valence-electron chi connectivity index (χ3n) is 6.68. The maximum atomic E-state index is 11.3. The van der Waals surface area contributed by atoms with Gasteiger partial charge in [-0.05, 0) is 50.6 Å². The number of carboxylic acid groups (broad SMARTS) is 1. The Hall–Kier alpha value is -3.07. The summed E-state index contributed by atoms with van der Waals surface area (Å²) < 4.78 is 5.64. The van der Waals surface area contributed by atoms with Gasteiger partial charge in [0.2, 0.25) is 5.75 Å². The molecule has 0 aromatic carbocycles. The molecule has 0 bridgehead atoms. The summed E-state index contributed by atoms with van der Waals surface area (Å²) in [4.78, 5) is 22.3. The molecule has 1 aromatic rings. The predicted octanol–water partition coefficient (Wildman–Crippen LogP) is 2.95. The van der Waals surface area contributed by atoms with Crippen molar-refractivity contribution >= 4 is 17.6 Å². The summed E-state index contributed by atoms with van der Waals surface area (Å²) in [5.74, 6) is 1.40. The van der Waals surface area contributed by atoms with Crippen LogP contribution in [-0.4, -0.2) is 67.4 Å². The molecule has 0 saturated carbocycles. The molecule has 0 amide bonds. The maximum Gasteiger partial charge on any atom is 0.322 e. The zero-order valence-corrected chi connectivity index (χ0v) is 20.6. The minimum Gasteiger partial charge on any atom is -0.490 e.